The third-order valence-electron chi connectivity index (χ3n) is 2.59. The zero-order chi connectivity index (χ0) is 14.4. The molecule has 2 aromatic rings. The highest BCUT2D eigenvalue weighted by molar-refractivity contribution is 5.84. The Morgan fingerprint density at radius 3 is 2.80 bits per heavy atom. The predicted octanol–water partition coefficient (Wildman–Crippen LogP) is 3.05. The summed E-state index contributed by atoms with van der Waals surface area (Å²) in [6.45, 7) is 0. The number of nitro groups is 1. The minimum atomic E-state index is -0.449. The van der Waals surface area contributed by atoms with Crippen LogP contribution in [0.2, 0.25) is 0 Å². The highest BCUT2D eigenvalue weighted by Gasteiger charge is 2.04. The summed E-state index contributed by atoms with van der Waals surface area (Å²) < 4.78 is 5.19. The first-order chi connectivity index (χ1) is 9.70. The van der Waals surface area contributed by atoms with Gasteiger partial charge in [0, 0.05) is 17.7 Å². The van der Waals surface area contributed by atoms with E-state index in [1.54, 1.807) is 25.5 Å². The average molecular weight is 271 g/mol. The van der Waals surface area contributed by atoms with Crippen molar-refractivity contribution >= 4 is 17.6 Å². The first-order valence-electron chi connectivity index (χ1n) is 5.87. The first-order valence-corrected chi connectivity index (χ1v) is 5.87. The number of nitrogens with zero attached hydrogens (tertiary/aromatic N) is 2. The topological polar surface area (TPSA) is 76.8 Å². The number of ether oxygens (including phenoxy) is 1. The zero-order valence-corrected chi connectivity index (χ0v) is 10.8. The molecule has 6 nitrogen and oxygen atoms in total. The molecule has 0 heterocycles. The van der Waals surface area contributed by atoms with Crippen LogP contribution in [0.1, 0.15) is 5.56 Å². The number of methoxy groups -OCH3 is 1. The van der Waals surface area contributed by atoms with E-state index >= 15 is 0 Å². The van der Waals surface area contributed by atoms with Crippen LogP contribution < -0.4 is 10.2 Å². The Balaban J connectivity index is 2.10. The smallest absolute Gasteiger partial charge is 0.271 e. The molecule has 2 aromatic carbocycles. The van der Waals surface area contributed by atoms with Gasteiger partial charge >= 0.3 is 0 Å². The molecule has 1 N–H and O–H groups in total. The molecule has 0 saturated carbocycles. The van der Waals surface area contributed by atoms with Gasteiger partial charge in [0.25, 0.3) is 5.69 Å². The molecule has 0 radical (unpaired) electrons. The van der Waals surface area contributed by atoms with Crippen molar-refractivity contribution in [3.8, 4) is 5.75 Å². The van der Waals surface area contributed by atoms with Gasteiger partial charge in [-0.1, -0.05) is 18.2 Å². The van der Waals surface area contributed by atoms with Crippen LogP contribution in [0.5, 0.6) is 5.75 Å². The largest absolute Gasteiger partial charge is 0.496 e. The maximum absolute atomic E-state index is 10.7. The number of nitro benzene ring substituents is 1. The van der Waals surface area contributed by atoms with E-state index in [4.69, 9.17) is 4.74 Å². The fraction of sp³-hybridized carbons (Fsp3) is 0.0714. The Kier molecular flexibility index (Phi) is 4.28. The molecular formula is C14H13N3O3. The van der Waals surface area contributed by atoms with E-state index in [0.717, 1.165) is 5.56 Å². The molecule has 0 spiro atoms. The number of para-hydroxylation sites is 1. The van der Waals surface area contributed by atoms with Gasteiger partial charge in [0.2, 0.25) is 0 Å². The summed E-state index contributed by atoms with van der Waals surface area (Å²) in [5.41, 5.74) is 4.12. The Bertz CT molecular complexity index is 641. The minimum absolute atomic E-state index is 0.0162. The van der Waals surface area contributed by atoms with Crippen LogP contribution in [0, 0.1) is 10.1 Å². The number of non-ortho nitro benzene ring substituents is 1. The lowest BCUT2D eigenvalue weighted by atomic mass is 10.2. The molecule has 0 aliphatic heterocycles. The third kappa shape index (κ3) is 3.32. The summed E-state index contributed by atoms with van der Waals surface area (Å²) in [4.78, 5) is 10.2. The highest BCUT2D eigenvalue weighted by Crippen LogP contribution is 2.18. The quantitative estimate of drug-likeness (QED) is 0.515. The second kappa shape index (κ2) is 6.33. The second-order valence-corrected chi connectivity index (χ2v) is 3.92. The molecule has 20 heavy (non-hydrogen) atoms. The van der Waals surface area contributed by atoms with Gasteiger partial charge in [0.15, 0.2) is 0 Å². The number of nitrogens with one attached hydrogen (secondary N) is 1. The highest BCUT2D eigenvalue weighted by atomic mass is 16.6. The molecule has 0 bridgehead atoms. The molecule has 0 saturated heterocycles. The van der Waals surface area contributed by atoms with E-state index in [1.807, 2.05) is 24.3 Å². The van der Waals surface area contributed by atoms with Gasteiger partial charge in [-0.2, -0.15) is 5.10 Å². The monoisotopic (exact) mass is 271 g/mol. The predicted molar refractivity (Wildman–Crippen MR) is 77.3 cm³/mol. The minimum Gasteiger partial charge on any atom is -0.496 e. The molecule has 0 unspecified atom stereocenters. The van der Waals surface area contributed by atoms with Crippen LogP contribution in [0.15, 0.2) is 53.6 Å². The molecular weight excluding hydrogens is 258 g/mol. The van der Waals surface area contributed by atoms with Gasteiger partial charge in [-0.15, -0.1) is 0 Å². The summed E-state index contributed by atoms with van der Waals surface area (Å²) in [5, 5.41) is 14.7. The van der Waals surface area contributed by atoms with E-state index in [2.05, 4.69) is 10.5 Å². The van der Waals surface area contributed by atoms with Crippen molar-refractivity contribution in [1.29, 1.82) is 0 Å². The van der Waals surface area contributed by atoms with E-state index in [9.17, 15) is 10.1 Å². The van der Waals surface area contributed by atoms with Crippen molar-refractivity contribution in [2.75, 3.05) is 12.5 Å². The molecule has 102 valence electrons. The van der Waals surface area contributed by atoms with E-state index in [0.29, 0.717) is 11.4 Å². The SMILES string of the molecule is COc1ccccc1/C=N\Nc1cccc([N+](=O)[O-])c1. The van der Waals surface area contributed by atoms with Crippen molar-refractivity contribution in [3.05, 3.63) is 64.2 Å². The lowest BCUT2D eigenvalue weighted by molar-refractivity contribution is -0.384. The molecule has 0 aliphatic rings. The number of hydrogen-bond donors (Lipinski definition) is 1. The molecule has 0 aliphatic carbocycles. The van der Waals surface area contributed by atoms with E-state index < -0.39 is 4.92 Å². The summed E-state index contributed by atoms with van der Waals surface area (Å²) in [7, 11) is 1.58. The molecule has 0 atom stereocenters. The maximum atomic E-state index is 10.7. The second-order valence-electron chi connectivity index (χ2n) is 3.92. The van der Waals surface area contributed by atoms with Gasteiger partial charge in [-0.3, -0.25) is 15.5 Å². The van der Waals surface area contributed by atoms with Crippen LogP contribution >= 0.6 is 0 Å². The number of benzene rings is 2. The van der Waals surface area contributed by atoms with Gasteiger partial charge < -0.3 is 4.74 Å². The van der Waals surface area contributed by atoms with Crippen molar-refractivity contribution in [3.63, 3.8) is 0 Å². The third-order valence-corrected chi connectivity index (χ3v) is 2.59. The Hall–Kier alpha value is -2.89. The standard InChI is InChI=1S/C14H13N3O3/c1-20-14-8-3-2-5-11(14)10-15-16-12-6-4-7-13(9-12)17(18)19/h2-10,16H,1H3/b15-10-. The van der Waals surface area contributed by atoms with Crippen molar-refractivity contribution < 1.29 is 9.66 Å². The Morgan fingerprint density at radius 2 is 2.05 bits per heavy atom. The van der Waals surface area contributed by atoms with Crippen LogP contribution in [-0.4, -0.2) is 18.2 Å². The number of hydrazone groups is 1. The fourth-order valence-corrected chi connectivity index (χ4v) is 1.64. The summed E-state index contributed by atoms with van der Waals surface area (Å²) >= 11 is 0. The van der Waals surface area contributed by atoms with Crippen LogP contribution in [0.25, 0.3) is 0 Å². The molecule has 0 aromatic heterocycles. The van der Waals surface area contributed by atoms with Crippen molar-refractivity contribution in [1.82, 2.24) is 0 Å². The summed E-state index contributed by atoms with van der Waals surface area (Å²) in [5.74, 6) is 0.706. The number of hydrogen-bond acceptors (Lipinski definition) is 5. The lowest BCUT2D eigenvalue weighted by Crippen LogP contribution is -1.94. The van der Waals surface area contributed by atoms with Gasteiger partial charge in [-0.25, -0.2) is 0 Å². The molecule has 6 heteroatoms. The van der Waals surface area contributed by atoms with Crippen molar-refractivity contribution in [2.45, 2.75) is 0 Å². The zero-order valence-electron chi connectivity index (χ0n) is 10.8. The fourth-order valence-electron chi connectivity index (χ4n) is 1.64. The normalized spacial score (nSPS) is 10.4. The molecule has 2 rings (SSSR count). The number of rotatable bonds is 5. The van der Waals surface area contributed by atoms with Crippen LogP contribution in [0.3, 0.4) is 0 Å². The summed E-state index contributed by atoms with van der Waals surface area (Å²) in [6, 6.07) is 13.6. The van der Waals surface area contributed by atoms with Gasteiger partial charge in [0.1, 0.15) is 5.75 Å². The van der Waals surface area contributed by atoms with Crippen LogP contribution in [-0.2, 0) is 0 Å². The average Bonchev–Trinajstić information content (AvgIpc) is 2.48. The number of anilines is 1. The lowest BCUT2D eigenvalue weighted by Gasteiger charge is -2.03. The molecule has 0 fully saturated rings. The van der Waals surface area contributed by atoms with E-state index in [1.165, 1.54) is 12.1 Å². The first kappa shape index (κ1) is 13.5. The van der Waals surface area contributed by atoms with Gasteiger partial charge in [0.05, 0.1) is 23.9 Å². The summed E-state index contributed by atoms with van der Waals surface area (Å²) in [6.07, 6.45) is 1.59. The molecule has 0 amide bonds. The maximum Gasteiger partial charge on any atom is 0.271 e. The Morgan fingerprint density at radius 1 is 1.25 bits per heavy atom. The van der Waals surface area contributed by atoms with Crippen molar-refractivity contribution in [2.24, 2.45) is 5.10 Å². The van der Waals surface area contributed by atoms with Gasteiger partial charge in [-0.05, 0) is 18.2 Å². The van der Waals surface area contributed by atoms with Crippen LogP contribution in [0.4, 0.5) is 11.4 Å². The van der Waals surface area contributed by atoms with E-state index in [-0.39, 0.29) is 5.69 Å². The Labute approximate surface area is 115 Å².